The van der Waals surface area contributed by atoms with E-state index < -0.39 is 0 Å². The number of amides is 1. The van der Waals surface area contributed by atoms with E-state index in [1.54, 1.807) is 11.8 Å². The molecule has 4 N–H and O–H groups in total. The largest absolute Gasteiger partial charge is 0.399 e. The topological polar surface area (TPSA) is 107 Å². The molecule has 0 bridgehead atoms. The van der Waals surface area contributed by atoms with Crippen LogP contribution < -0.4 is 11.5 Å². The lowest BCUT2D eigenvalue weighted by atomic mass is 10.0. The van der Waals surface area contributed by atoms with Crippen LogP contribution >= 0.6 is 11.8 Å². The normalized spacial score (nSPS) is 12.9. The van der Waals surface area contributed by atoms with Gasteiger partial charge in [0.2, 0.25) is 0 Å². The number of rotatable bonds is 8. The standard InChI is InChI=1S/C27H29N5O2S/c1-3-10-32(34-17-18-4-8-23(28)9-5-18)27(33)21-11-20-7-6-19(13-25(20)31-26(29)14-21)22-12-24(35-2)16-30-15-22/h4-9,11-13,15-16H,3,10,14,17,28H2,1-2H3,(H2,29,31). The van der Waals surface area contributed by atoms with Crippen LogP contribution in [0.4, 0.5) is 11.4 Å². The number of carbonyl (C=O) groups excluding carboxylic acids is 1. The van der Waals surface area contributed by atoms with Gasteiger partial charge in [-0.3, -0.25) is 14.6 Å². The van der Waals surface area contributed by atoms with E-state index in [4.69, 9.17) is 16.3 Å². The summed E-state index contributed by atoms with van der Waals surface area (Å²) in [4.78, 5) is 29.3. The van der Waals surface area contributed by atoms with E-state index in [9.17, 15) is 4.79 Å². The number of thioether (sulfide) groups is 1. The Hall–Kier alpha value is -3.62. The third-order valence-corrected chi connectivity index (χ3v) is 6.27. The van der Waals surface area contributed by atoms with Gasteiger partial charge in [-0.25, -0.2) is 10.1 Å². The fourth-order valence-corrected chi connectivity index (χ4v) is 4.16. The first-order valence-electron chi connectivity index (χ1n) is 11.4. The summed E-state index contributed by atoms with van der Waals surface area (Å²) in [5.74, 6) is 0.167. The van der Waals surface area contributed by atoms with E-state index in [2.05, 4.69) is 16.0 Å². The van der Waals surface area contributed by atoms with Crippen molar-refractivity contribution in [3.63, 3.8) is 0 Å². The third kappa shape index (κ3) is 6.09. The Kier molecular flexibility index (Phi) is 7.84. The molecule has 0 fully saturated rings. The van der Waals surface area contributed by atoms with Gasteiger partial charge in [0.15, 0.2) is 0 Å². The fourth-order valence-electron chi connectivity index (χ4n) is 3.75. The predicted molar refractivity (Wildman–Crippen MR) is 143 cm³/mol. The summed E-state index contributed by atoms with van der Waals surface area (Å²) in [6, 6.07) is 15.4. The van der Waals surface area contributed by atoms with Gasteiger partial charge < -0.3 is 11.5 Å². The smallest absolute Gasteiger partial charge is 0.273 e. The zero-order valence-electron chi connectivity index (χ0n) is 19.9. The molecule has 0 saturated heterocycles. The summed E-state index contributed by atoms with van der Waals surface area (Å²) >= 11 is 1.64. The maximum atomic E-state index is 13.4. The first-order valence-corrected chi connectivity index (χ1v) is 12.7. The highest BCUT2D eigenvalue weighted by atomic mass is 32.2. The average molecular weight is 488 g/mol. The van der Waals surface area contributed by atoms with Crippen LogP contribution in [0.2, 0.25) is 0 Å². The summed E-state index contributed by atoms with van der Waals surface area (Å²) in [5, 5.41) is 1.41. The van der Waals surface area contributed by atoms with Crippen molar-refractivity contribution in [3.8, 4) is 11.1 Å². The van der Waals surface area contributed by atoms with Crippen molar-refractivity contribution in [2.24, 2.45) is 10.7 Å². The van der Waals surface area contributed by atoms with Crippen LogP contribution in [-0.4, -0.2) is 34.6 Å². The minimum absolute atomic E-state index is 0.214. The highest BCUT2D eigenvalue weighted by Gasteiger charge is 2.22. The lowest BCUT2D eigenvalue weighted by Gasteiger charge is -2.22. The SMILES string of the molecule is CCCN(OCc1ccc(N)cc1)C(=O)C1=Cc2ccc(-c3cncc(SC)c3)cc2N=C(N)C1. The molecule has 2 aromatic carbocycles. The number of nitrogens with zero attached hydrogens (tertiary/aromatic N) is 3. The molecule has 0 radical (unpaired) electrons. The van der Waals surface area contributed by atoms with Gasteiger partial charge in [0.1, 0.15) is 12.4 Å². The van der Waals surface area contributed by atoms with Gasteiger partial charge in [0.25, 0.3) is 5.91 Å². The Morgan fingerprint density at radius 2 is 1.89 bits per heavy atom. The van der Waals surface area contributed by atoms with Crippen molar-refractivity contribution < 1.29 is 9.63 Å². The minimum Gasteiger partial charge on any atom is -0.399 e. The molecule has 1 aromatic heterocycles. The summed E-state index contributed by atoms with van der Waals surface area (Å²) < 4.78 is 0. The fraction of sp³-hybridized carbons (Fsp3) is 0.222. The maximum Gasteiger partial charge on any atom is 0.273 e. The number of anilines is 1. The number of aromatic nitrogens is 1. The molecule has 8 heteroatoms. The van der Waals surface area contributed by atoms with Gasteiger partial charge in [0, 0.05) is 52.6 Å². The van der Waals surface area contributed by atoms with E-state index in [1.807, 2.05) is 74.1 Å². The molecule has 4 rings (SSSR count). The summed E-state index contributed by atoms with van der Waals surface area (Å²) in [6.07, 6.45) is 8.55. The molecule has 3 aromatic rings. The number of hydrogen-bond acceptors (Lipinski definition) is 7. The molecule has 180 valence electrons. The zero-order chi connectivity index (χ0) is 24.8. The van der Waals surface area contributed by atoms with E-state index in [0.717, 1.165) is 39.3 Å². The van der Waals surface area contributed by atoms with Crippen molar-refractivity contribution in [1.29, 1.82) is 0 Å². The van der Waals surface area contributed by atoms with E-state index in [0.29, 0.717) is 23.6 Å². The second-order valence-corrected chi connectivity index (χ2v) is 9.14. The highest BCUT2D eigenvalue weighted by Crippen LogP contribution is 2.33. The first kappa shape index (κ1) is 24.5. The van der Waals surface area contributed by atoms with Crippen LogP contribution in [-0.2, 0) is 16.2 Å². The molecule has 1 amide bonds. The minimum atomic E-state index is -0.214. The Morgan fingerprint density at radius 3 is 2.63 bits per heavy atom. The maximum absolute atomic E-state index is 13.4. The monoisotopic (exact) mass is 487 g/mol. The zero-order valence-corrected chi connectivity index (χ0v) is 20.7. The lowest BCUT2D eigenvalue weighted by molar-refractivity contribution is -0.187. The number of carbonyl (C=O) groups is 1. The molecule has 0 atom stereocenters. The van der Waals surface area contributed by atoms with Crippen LogP contribution in [0.1, 0.15) is 30.9 Å². The van der Waals surface area contributed by atoms with Crippen LogP contribution in [0.5, 0.6) is 0 Å². The van der Waals surface area contributed by atoms with Crippen molar-refractivity contribution in [1.82, 2.24) is 10.0 Å². The Balaban J connectivity index is 1.58. The van der Waals surface area contributed by atoms with Crippen LogP contribution in [0.25, 0.3) is 17.2 Å². The van der Waals surface area contributed by atoms with Crippen molar-refractivity contribution in [2.75, 3.05) is 18.5 Å². The van der Waals surface area contributed by atoms with Crippen LogP contribution in [0.15, 0.2) is 76.4 Å². The summed E-state index contributed by atoms with van der Waals surface area (Å²) in [6.45, 7) is 2.74. The molecular weight excluding hydrogens is 458 g/mol. The number of hydroxylamine groups is 2. The van der Waals surface area contributed by atoms with Gasteiger partial charge in [-0.1, -0.05) is 31.2 Å². The number of fused-ring (bicyclic) bond motifs is 1. The highest BCUT2D eigenvalue weighted by molar-refractivity contribution is 7.98. The quantitative estimate of drug-likeness (QED) is 0.257. The van der Waals surface area contributed by atoms with E-state index in [-0.39, 0.29) is 18.9 Å². The molecule has 35 heavy (non-hydrogen) atoms. The van der Waals surface area contributed by atoms with Crippen molar-refractivity contribution >= 4 is 41.0 Å². The van der Waals surface area contributed by atoms with Gasteiger partial charge in [0.05, 0.1) is 5.69 Å². The number of nitrogen functional groups attached to an aromatic ring is 1. The molecule has 1 aliphatic rings. The Bertz CT molecular complexity index is 1270. The van der Waals surface area contributed by atoms with Crippen LogP contribution in [0, 0.1) is 0 Å². The number of aliphatic imine (C=N–C) groups is 1. The van der Waals surface area contributed by atoms with Gasteiger partial charge in [-0.2, -0.15) is 0 Å². The van der Waals surface area contributed by atoms with E-state index >= 15 is 0 Å². The van der Waals surface area contributed by atoms with Crippen LogP contribution in [0.3, 0.4) is 0 Å². The molecule has 1 aliphatic heterocycles. The average Bonchev–Trinajstić information content (AvgIpc) is 3.04. The van der Waals surface area contributed by atoms with Gasteiger partial charge >= 0.3 is 0 Å². The van der Waals surface area contributed by atoms with E-state index in [1.165, 1.54) is 5.06 Å². The molecule has 2 heterocycles. The molecule has 0 saturated carbocycles. The van der Waals surface area contributed by atoms with Gasteiger partial charge in [-0.15, -0.1) is 11.8 Å². The molecule has 0 unspecified atom stereocenters. The molecular formula is C27H29N5O2S. The number of amidine groups is 1. The van der Waals surface area contributed by atoms with Crippen molar-refractivity contribution in [2.45, 2.75) is 31.3 Å². The Labute approximate surface area is 209 Å². The number of benzene rings is 2. The third-order valence-electron chi connectivity index (χ3n) is 5.57. The second-order valence-electron chi connectivity index (χ2n) is 8.26. The predicted octanol–water partition coefficient (Wildman–Crippen LogP) is 5.20. The van der Waals surface area contributed by atoms with Crippen molar-refractivity contribution in [3.05, 3.63) is 77.6 Å². The number of nitrogens with two attached hydrogens (primary N) is 2. The summed E-state index contributed by atoms with van der Waals surface area (Å²) in [5.41, 5.74) is 17.7. The molecule has 0 spiro atoms. The lowest BCUT2D eigenvalue weighted by Crippen LogP contribution is -2.34. The Morgan fingerprint density at radius 1 is 1.09 bits per heavy atom. The first-order chi connectivity index (χ1) is 17.0. The number of pyridine rings is 1. The molecule has 7 nitrogen and oxygen atoms in total. The number of hydrogen-bond donors (Lipinski definition) is 2. The van der Waals surface area contributed by atoms with Gasteiger partial charge in [-0.05, 0) is 54.1 Å². The summed E-state index contributed by atoms with van der Waals surface area (Å²) in [7, 11) is 0. The second kappa shape index (κ2) is 11.2. The molecule has 0 aliphatic carbocycles.